The number of hydrogen-bond donors (Lipinski definition) is 2. The third-order valence-electron chi connectivity index (χ3n) is 1.60. The molecule has 0 aromatic rings. The largest absolute Gasteiger partial charge is 0.675 e. The van der Waals surface area contributed by atoms with Gasteiger partial charge in [0.25, 0.3) is 0 Å². The third kappa shape index (κ3) is 10.6. The van der Waals surface area contributed by atoms with E-state index in [1.54, 1.807) is 0 Å². The second-order valence-corrected chi connectivity index (χ2v) is 3.68. The van der Waals surface area contributed by atoms with Crippen LogP contribution in [-0.4, -0.2) is 42.2 Å². The van der Waals surface area contributed by atoms with E-state index in [4.69, 9.17) is 15.6 Å². The molecule has 0 aliphatic rings. The monoisotopic (exact) mass is 377 g/mol. The molecule has 2 unspecified atom stereocenters. The van der Waals surface area contributed by atoms with E-state index in [1.807, 2.05) is 13.8 Å². The van der Waals surface area contributed by atoms with E-state index < -0.39 is 12.2 Å². The van der Waals surface area contributed by atoms with Crippen LogP contribution < -0.4 is 0 Å². The van der Waals surface area contributed by atoms with Gasteiger partial charge in [0.1, 0.15) is 0 Å². The van der Waals surface area contributed by atoms with Crippen molar-refractivity contribution in [3.63, 3.8) is 0 Å². The fourth-order valence-corrected chi connectivity index (χ4v) is 1.01. The fourth-order valence-electron chi connectivity index (χ4n) is 1.01. The van der Waals surface area contributed by atoms with Crippen LogP contribution in [0.25, 0.3) is 5.73 Å². The van der Waals surface area contributed by atoms with Crippen LogP contribution in [0.3, 0.4) is 0 Å². The summed E-state index contributed by atoms with van der Waals surface area (Å²) in [4.78, 5) is 0. The summed E-state index contributed by atoms with van der Waals surface area (Å²) in [6, 6.07) is 0. The summed E-state index contributed by atoms with van der Waals surface area (Å²) < 4.78 is 5.03. The maximum Gasteiger partial charge on any atom is 0.0776 e. The van der Waals surface area contributed by atoms with E-state index in [-0.39, 0.29) is 40.2 Å². The van der Waals surface area contributed by atoms with Gasteiger partial charge >= 0.3 is 0 Å². The Morgan fingerprint density at radius 1 is 1.14 bits per heavy atom. The molecule has 4 nitrogen and oxygen atoms in total. The minimum atomic E-state index is -0.730. The smallest absolute Gasteiger partial charge is 0.0776 e. The number of rotatable bonds is 7. The molecule has 0 saturated carbocycles. The molecular weight excluding hydrogens is 356 g/mol. The van der Waals surface area contributed by atoms with Crippen molar-refractivity contribution in [1.82, 2.24) is 0 Å². The van der Waals surface area contributed by atoms with Crippen molar-refractivity contribution in [2.75, 3.05) is 19.8 Å². The number of aliphatic hydroxyl groups is 2. The molecule has 0 rings (SSSR count). The molecule has 0 aromatic heterocycles. The Bertz CT molecular complexity index is 125. The van der Waals surface area contributed by atoms with Gasteiger partial charge in [-0.2, -0.15) is 0 Å². The molecule has 0 bridgehead atoms. The normalized spacial score (nSPS) is 15.0. The predicted octanol–water partition coefficient (Wildman–Crippen LogP) is 0.821. The van der Waals surface area contributed by atoms with Gasteiger partial charge < -0.3 is 20.7 Å². The molecule has 3 N–H and O–H groups in total. The first-order valence-corrected chi connectivity index (χ1v) is 4.64. The van der Waals surface area contributed by atoms with E-state index in [0.29, 0.717) is 12.3 Å². The van der Waals surface area contributed by atoms with E-state index in [0.717, 1.165) is 0 Å². The van der Waals surface area contributed by atoms with E-state index in [9.17, 15) is 5.11 Å². The first-order chi connectivity index (χ1) is 6.06. The van der Waals surface area contributed by atoms with Crippen LogP contribution in [0.4, 0.5) is 0 Å². The predicted molar refractivity (Wildman–Crippen MR) is 51.5 cm³/mol. The van der Waals surface area contributed by atoms with Gasteiger partial charge in [-0.15, -0.1) is 6.54 Å². The summed E-state index contributed by atoms with van der Waals surface area (Å²) in [7, 11) is 0. The quantitative estimate of drug-likeness (QED) is 0.691. The average molecular weight is 376 g/mol. The molecule has 87 valence electrons. The first-order valence-electron chi connectivity index (χ1n) is 4.64. The van der Waals surface area contributed by atoms with Crippen LogP contribution >= 0.6 is 0 Å². The molecule has 1 radical (unpaired) electrons. The number of hydrogen-bond acceptors (Lipinski definition) is 3. The van der Waals surface area contributed by atoms with Gasteiger partial charge in [0, 0.05) is 20.4 Å². The SMILES string of the molecule is CC(C)CC(O)COCC(O)C[NH-].[Re]. The van der Waals surface area contributed by atoms with Crippen LogP contribution in [0.15, 0.2) is 0 Å². The van der Waals surface area contributed by atoms with Gasteiger partial charge in [0.15, 0.2) is 0 Å². The van der Waals surface area contributed by atoms with Crippen molar-refractivity contribution in [2.45, 2.75) is 32.5 Å². The summed E-state index contributed by atoms with van der Waals surface area (Å²) in [6.07, 6.45) is -0.485. The second-order valence-electron chi connectivity index (χ2n) is 3.68. The fraction of sp³-hybridized carbons (Fsp3) is 1.00. The maximum absolute atomic E-state index is 9.35. The Kier molecular flexibility index (Phi) is 12.1. The molecule has 14 heavy (non-hydrogen) atoms. The van der Waals surface area contributed by atoms with Crippen LogP contribution in [0.1, 0.15) is 20.3 Å². The van der Waals surface area contributed by atoms with E-state index >= 15 is 0 Å². The van der Waals surface area contributed by atoms with E-state index in [1.165, 1.54) is 0 Å². The van der Waals surface area contributed by atoms with Crippen molar-refractivity contribution in [1.29, 1.82) is 0 Å². The summed E-state index contributed by atoms with van der Waals surface area (Å²) in [5, 5.41) is 18.3. The van der Waals surface area contributed by atoms with Crippen molar-refractivity contribution in [3.05, 3.63) is 5.73 Å². The van der Waals surface area contributed by atoms with Gasteiger partial charge in [0.2, 0.25) is 0 Å². The Morgan fingerprint density at radius 3 is 2.07 bits per heavy atom. The number of aliphatic hydroxyl groups excluding tert-OH is 2. The number of nitrogens with one attached hydrogen (secondary N) is 1. The van der Waals surface area contributed by atoms with Crippen molar-refractivity contribution >= 4 is 0 Å². The zero-order valence-electron chi connectivity index (χ0n) is 8.74. The molecule has 0 spiro atoms. The zero-order chi connectivity index (χ0) is 10.3. The molecular formula is C9H20NO3Re-. The van der Waals surface area contributed by atoms with Crippen LogP contribution in [0.5, 0.6) is 0 Å². The molecule has 5 heteroatoms. The summed E-state index contributed by atoms with van der Waals surface area (Å²) >= 11 is 0. The van der Waals surface area contributed by atoms with Crippen LogP contribution in [0, 0.1) is 5.92 Å². The molecule has 0 aromatic carbocycles. The summed E-state index contributed by atoms with van der Waals surface area (Å²) in [5.74, 6) is 0.444. The summed E-state index contributed by atoms with van der Waals surface area (Å²) in [5.41, 5.74) is 6.82. The average Bonchev–Trinajstić information content (AvgIpc) is 2.02. The maximum atomic E-state index is 9.35. The Balaban J connectivity index is 0. The minimum Gasteiger partial charge on any atom is -0.675 e. The Labute approximate surface area is 99.5 Å². The topological polar surface area (TPSA) is 73.5 Å². The molecule has 0 heterocycles. The molecule has 0 aliphatic carbocycles. The van der Waals surface area contributed by atoms with Gasteiger partial charge in [-0.25, -0.2) is 0 Å². The van der Waals surface area contributed by atoms with Gasteiger partial charge in [-0.3, -0.25) is 0 Å². The van der Waals surface area contributed by atoms with Crippen molar-refractivity contribution < 1.29 is 35.4 Å². The van der Waals surface area contributed by atoms with Crippen LogP contribution in [0.2, 0.25) is 0 Å². The standard InChI is InChI=1S/C9H20NO3.Re/c1-7(2)3-8(11)5-13-6-9(12)4-10;/h7-12H,3-6H2,1-2H3;/q-1;. The van der Waals surface area contributed by atoms with Gasteiger partial charge in [-0.05, 0) is 12.3 Å². The van der Waals surface area contributed by atoms with Crippen molar-refractivity contribution in [2.24, 2.45) is 5.92 Å². The minimum absolute atomic E-state index is 0. The van der Waals surface area contributed by atoms with Gasteiger partial charge in [-0.1, -0.05) is 13.8 Å². The first kappa shape index (κ1) is 16.9. The zero-order valence-corrected chi connectivity index (χ0v) is 11.5. The van der Waals surface area contributed by atoms with Crippen molar-refractivity contribution in [3.8, 4) is 0 Å². The third-order valence-corrected chi connectivity index (χ3v) is 1.60. The van der Waals surface area contributed by atoms with Gasteiger partial charge in [0.05, 0.1) is 25.4 Å². The molecule has 0 fully saturated rings. The number of ether oxygens (including phenoxy) is 1. The van der Waals surface area contributed by atoms with E-state index in [2.05, 4.69) is 0 Å². The molecule has 0 saturated heterocycles. The Hall–Kier alpha value is 0.502. The molecule has 0 aliphatic heterocycles. The Morgan fingerprint density at radius 2 is 1.64 bits per heavy atom. The second kappa shape index (κ2) is 10.0. The molecule has 2 atom stereocenters. The van der Waals surface area contributed by atoms with Crippen LogP contribution in [-0.2, 0) is 25.2 Å². The summed E-state index contributed by atoms with van der Waals surface area (Å²) in [6.45, 7) is 4.39. The molecule has 0 amide bonds.